The second-order valence-electron chi connectivity index (χ2n) is 6.69. The van der Waals surface area contributed by atoms with E-state index in [1.54, 1.807) is 29.2 Å². The number of fused-ring (bicyclic) bond motifs is 3. The third-order valence-electron chi connectivity index (χ3n) is 4.57. The summed E-state index contributed by atoms with van der Waals surface area (Å²) in [6.07, 6.45) is 1.56. The van der Waals surface area contributed by atoms with Gasteiger partial charge in [-0.25, -0.2) is 9.89 Å². The van der Waals surface area contributed by atoms with Gasteiger partial charge in [-0.15, -0.1) is 0 Å². The van der Waals surface area contributed by atoms with Crippen LogP contribution in [0.15, 0.2) is 58.5 Å². The Kier molecular flexibility index (Phi) is 5.69. The fourth-order valence-corrected chi connectivity index (χ4v) is 4.15. The minimum Gasteiger partial charge on any atom is -0.325 e. The zero-order valence-electron chi connectivity index (χ0n) is 15.8. The predicted molar refractivity (Wildman–Crippen MR) is 118 cm³/mol. The summed E-state index contributed by atoms with van der Waals surface area (Å²) in [5.74, 6) is 0.480. The largest absolute Gasteiger partial charge is 0.325 e. The van der Waals surface area contributed by atoms with Crippen molar-refractivity contribution in [2.45, 2.75) is 25.8 Å². The average molecular weight is 427 g/mol. The number of rotatable bonds is 5. The zero-order valence-corrected chi connectivity index (χ0v) is 17.3. The van der Waals surface area contributed by atoms with Crippen LogP contribution in [0.25, 0.3) is 0 Å². The van der Waals surface area contributed by atoms with Gasteiger partial charge < -0.3 is 5.32 Å². The van der Waals surface area contributed by atoms with E-state index in [0.717, 1.165) is 17.7 Å². The molecule has 2 amide bonds. The van der Waals surface area contributed by atoms with Gasteiger partial charge in [0.1, 0.15) is 11.9 Å². The first-order valence-electron chi connectivity index (χ1n) is 9.35. The number of thioether (sulfide) groups is 1. The third-order valence-corrected chi connectivity index (χ3v) is 5.76. The summed E-state index contributed by atoms with van der Waals surface area (Å²) in [7, 11) is 0. The van der Waals surface area contributed by atoms with Crippen LogP contribution in [0.1, 0.15) is 25.3 Å². The lowest BCUT2D eigenvalue weighted by atomic mass is 10.1. The number of halogens is 1. The number of amides is 2. The van der Waals surface area contributed by atoms with Gasteiger partial charge in [0.2, 0.25) is 5.91 Å². The number of nitrogens with one attached hydrogen (secondary N) is 1. The molecule has 8 heteroatoms. The summed E-state index contributed by atoms with van der Waals surface area (Å²) in [4.78, 5) is 36.1. The van der Waals surface area contributed by atoms with E-state index in [-0.39, 0.29) is 17.6 Å². The van der Waals surface area contributed by atoms with Crippen molar-refractivity contribution in [3.8, 4) is 0 Å². The highest BCUT2D eigenvalue weighted by Crippen LogP contribution is 2.34. The molecule has 148 valence electrons. The van der Waals surface area contributed by atoms with E-state index in [0.29, 0.717) is 28.1 Å². The van der Waals surface area contributed by atoms with Crippen LogP contribution >= 0.6 is 23.4 Å². The van der Waals surface area contributed by atoms with Crippen molar-refractivity contribution in [3.05, 3.63) is 59.1 Å². The van der Waals surface area contributed by atoms with Crippen LogP contribution < -0.4 is 5.32 Å². The van der Waals surface area contributed by atoms with Gasteiger partial charge in [-0.05, 0) is 42.8 Å². The SMILES string of the molecule is CCC[C@@H]1N=C2c3ccccc3N=C(SCC(=O)Nc3ccc(Cl)cc3)N2C1=O. The molecule has 1 atom stereocenters. The molecule has 0 unspecified atom stereocenters. The second-order valence-corrected chi connectivity index (χ2v) is 8.07. The molecule has 0 aromatic heterocycles. The molecular weight excluding hydrogens is 408 g/mol. The topological polar surface area (TPSA) is 74.1 Å². The average Bonchev–Trinajstić information content (AvgIpc) is 3.05. The van der Waals surface area contributed by atoms with Crippen LogP contribution in [-0.2, 0) is 9.59 Å². The number of amidine groups is 2. The first-order valence-corrected chi connectivity index (χ1v) is 10.7. The molecule has 2 heterocycles. The highest BCUT2D eigenvalue weighted by Gasteiger charge is 2.40. The number of benzene rings is 2. The van der Waals surface area contributed by atoms with Crippen molar-refractivity contribution in [1.82, 2.24) is 4.90 Å². The van der Waals surface area contributed by atoms with Gasteiger partial charge in [0, 0.05) is 16.3 Å². The Morgan fingerprint density at radius 1 is 1.21 bits per heavy atom. The number of nitrogens with zero attached hydrogens (tertiary/aromatic N) is 3. The van der Waals surface area contributed by atoms with Gasteiger partial charge in [-0.1, -0.05) is 48.8 Å². The highest BCUT2D eigenvalue weighted by molar-refractivity contribution is 8.14. The number of carbonyl (C=O) groups excluding carboxylic acids is 2. The summed E-state index contributed by atoms with van der Waals surface area (Å²) in [5, 5.41) is 3.91. The van der Waals surface area contributed by atoms with Crippen LogP contribution in [0, 0.1) is 0 Å². The van der Waals surface area contributed by atoms with Gasteiger partial charge in [0.05, 0.1) is 11.4 Å². The molecule has 0 saturated carbocycles. The van der Waals surface area contributed by atoms with Crippen molar-refractivity contribution in [2.75, 3.05) is 11.1 Å². The Bertz CT molecular complexity index is 1020. The van der Waals surface area contributed by atoms with Crippen LogP contribution in [0.2, 0.25) is 5.02 Å². The molecule has 0 spiro atoms. The van der Waals surface area contributed by atoms with Crippen LogP contribution in [0.3, 0.4) is 0 Å². The molecule has 29 heavy (non-hydrogen) atoms. The standard InChI is InChI=1S/C21H19ClN4O2S/c1-2-5-17-20(28)26-19(24-17)15-6-3-4-7-16(15)25-21(26)29-12-18(27)23-14-10-8-13(22)9-11-14/h3-4,6-11,17H,2,5,12H2,1H3,(H,23,27)/t17-/m0/s1. The molecule has 2 aromatic rings. The first-order chi connectivity index (χ1) is 14.1. The Hall–Kier alpha value is -2.64. The molecule has 2 aliphatic rings. The van der Waals surface area contributed by atoms with Crippen molar-refractivity contribution in [1.29, 1.82) is 0 Å². The summed E-state index contributed by atoms with van der Waals surface area (Å²) >= 11 is 7.10. The van der Waals surface area contributed by atoms with E-state index >= 15 is 0 Å². The molecule has 2 aromatic carbocycles. The van der Waals surface area contributed by atoms with E-state index < -0.39 is 6.04 Å². The number of hydrogen-bond acceptors (Lipinski definition) is 5. The van der Waals surface area contributed by atoms with Crippen molar-refractivity contribution < 1.29 is 9.59 Å². The molecule has 1 N–H and O–H groups in total. The van der Waals surface area contributed by atoms with Crippen molar-refractivity contribution >= 4 is 57.6 Å². The lowest BCUT2D eigenvalue weighted by Gasteiger charge is -2.25. The monoisotopic (exact) mass is 426 g/mol. The molecule has 0 bridgehead atoms. The predicted octanol–water partition coefficient (Wildman–Crippen LogP) is 4.47. The quantitative estimate of drug-likeness (QED) is 0.766. The van der Waals surface area contributed by atoms with Gasteiger partial charge in [-0.3, -0.25) is 14.6 Å². The third kappa shape index (κ3) is 4.06. The highest BCUT2D eigenvalue weighted by atomic mass is 35.5. The lowest BCUT2D eigenvalue weighted by Crippen LogP contribution is -2.41. The van der Waals surface area contributed by atoms with Gasteiger partial charge in [0.15, 0.2) is 5.17 Å². The molecule has 0 saturated heterocycles. The molecule has 4 rings (SSSR count). The fourth-order valence-electron chi connectivity index (χ4n) is 3.22. The van der Waals surface area contributed by atoms with Crippen LogP contribution in [0.5, 0.6) is 0 Å². The number of carbonyl (C=O) groups is 2. The summed E-state index contributed by atoms with van der Waals surface area (Å²) in [5.41, 5.74) is 2.26. The number of anilines is 1. The van der Waals surface area contributed by atoms with Crippen LogP contribution in [-0.4, -0.2) is 39.5 Å². The summed E-state index contributed by atoms with van der Waals surface area (Å²) in [6.45, 7) is 2.03. The van der Waals surface area contributed by atoms with E-state index in [1.165, 1.54) is 11.8 Å². The van der Waals surface area contributed by atoms with Crippen LogP contribution in [0.4, 0.5) is 11.4 Å². The second kappa shape index (κ2) is 8.39. The molecule has 0 aliphatic carbocycles. The number of aliphatic imine (C=N–C) groups is 2. The van der Waals surface area contributed by atoms with Gasteiger partial charge in [0.25, 0.3) is 5.91 Å². The smallest absolute Gasteiger partial charge is 0.259 e. The zero-order chi connectivity index (χ0) is 20.4. The van der Waals surface area contributed by atoms with E-state index in [4.69, 9.17) is 11.6 Å². The summed E-state index contributed by atoms with van der Waals surface area (Å²) in [6, 6.07) is 14.1. The first kappa shape index (κ1) is 19.7. The fraction of sp³-hybridized carbons (Fsp3) is 0.238. The Balaban J connectivity index is 1.53. The maximum absolute atomic E-state index is 12.9. The maximum atomic E-state index is 12.9. The maximum Gasteiger partial charge on any atom is 0.259 e. The minimum absolute atomic E-state index is 0.0827. The molecule has 0 fully saturated rings. The van der Waals surface area contributed by atoms with Gasteiger partial charge >= 0.3 is 0 Å². The van der Waals surface area contributed by atoms with Crippen molar-refractivity contribution in [2.24, 2.45) is 9.98 Å². The lowest BCUT2D eigenvalue weighted by molar-refractivity contribution is -0.124. The normalized spacial score (nSPS) is 17.4. The van der Waals surface area contributed by atoms with Crippen molar-refractivity contribution in [3.63, 3.8) is 0 Å². The number of para-hydroxylation sites is 1. The minimum atomic E-state index is -0.394. The molecular formula is C21H19ClN4O2S. The van der Waals surface area contributed by atoms with E-state index in [2.05, 4.69) is 15.3 Å². The Morgan fingerprint density at radius 3 is 2.72 bits per heavy atom. The Labute approximate surface area is 178 Å². The summed E-state index contributed by atoms with van der Waals surface area (Å²) < 4.78 is 0. The Morgan fingerprint density at radius 2 is 1.97 bits per heavy atom. The molecule has 2 aliphatic heterocycles. The molecule has 0 radical (unpaired) electrons. The number of hydrogen-bond donors (Lipinski definition) is 1. The van der Waals surface area contributed by atoms with E-state index in [1.807, 2.05) is 31.2 Å². The molecule has 6 nitrogen and oxygen atoms in total. The van der Waals surface area contributed by atoms with E-state index in [9.17, 15) is 9.59 Å². The van der Waals surface area contributed by atoms with Gasteiger partial charge in [-0.2, -0.15) is 0 Å².